The Morgan fingerprint density at radius 1 is 1.05 bits per heavy atom. The lowest BCUT2D eigenvalue weighted by atomic mass is 9.75. The van der Waals surface area contributed by atoms with Crippen molar-refractivity contribution in [3.63, 3.8) is 0 Å². The number of non-ortho nitro benzene ring substituents is 1. The Kier molecular flexibility index (Phi) is 10.5. The zero-order chi connectivity index (χ0) is 32.0. The van der Waals surface area contributed by atoms with Crippen molar-refractivity contribution < 1.29 is 37.1 Å². The topological polar surface area (TPSA) is 158 Å². The summed E-state index contributed by atoms with van der Waals surface area (Å²) < 4.78 is 43.6. The molecule has 1 fully saturated rings. The molecule has 236 valence electrons. The fraction of sp³-hybridized carbons (Fsp3) is 0.433. The summed E-state index contributed by atoms with van der Waals surface area (Å²) in [5.41, 5.74) is 1.12. The van der Waals surface area contributed by atoms with Gasteiger partial charge in [0, 0.05) is 62.2 Å². The Labute approximate surface area is 256 Å². The third kappa shape index (κ3) is 7.14. The van der Waals surface area contributed by atoms with Crippen LogP contribution in [0.25, 0.3) is 0 Å². The van der Waals surface area contributed by atoms with Gasteiger partial charge in [-0.05, 0) is 50.6 Å². The fourth-order valence-corrected chi connectivity index (χ4v) is 6.89. The normalized spacial score (nSPS) is 19.7. The van der Waals surface area contributed by atoms with Crippen LogP contribution in [-0.4, -0.2) is 93.2 Å². The molecule has 0 bridgehead atoms. The standard InChI is InChI=1S/C30H36N4O9S/c1-5-42-29(35)26-20(2)31-21(3)27(28(26)22-7-6-8-23(19-22)34(37)38)30(36)43-18-17-32-13-15-33(16-14-32)44(39,40)25-11-9-24(41-4)10-12-25/h6-12,19,26,28H,5,13-18H2,1-4H3/t26?,28-/m0/s1. The highest BCUT2D eigenvalue weighted by atomic mass is 32.2. The van der Waals surface area contributed by atoms with Gasteiger partial charge in [0.1, 0.15) is 18.3 Å². The van der Waals surface area contributed by atoms with Crippen molar-refractivity contribution in [2.24, 2.45) is 10.9 Å². The van der Waals surface area contributed by atoms with E-state index in [-0.39, 0.29) is 42.5 Å². The molecular formula is C30H36N4O9S. The van der Waals surface area contributed by atoms with Crippen molar-refractivity contribution in [2.75, 3.05) is 53.0 Å². The first-order chi connectivity index (χ1) is 21.0. The van der Waals surface area contributed by atoms with Crippen LogP contribution in [-0.2, 0) is 29.1 Å². The number of esters is 2. The van der Waals surface area contributed by atoms with Gasteiger partial charge in [0.2, 0.25) is 10.0 Å². The van der Waals surface area contributed by atoms with Gasteiger partial charge in [0.25, 0.3) is 5.69 Å². The molecule has 4 rings (SSSR count). The number of ether oxygens (including phenoxy) is 3. The highest BCUT2D eigenvalue weighted by Gasteiger charge is 2.43. The lowest BCUT2D eigenvalue weighted by Gasteiger charge is -2.34. The lowest BCUT2D eigenvalue weighted by molar-refractivity contribution is -0.384. The second-order valence-corrected chi connectivity index (χ2v) is 12.3. The van der Waals surface area contributed by atoms with Gasteiger partial charge in [-0.25, -0.2) is 13.2 Å². The first-order valence-corrected chi connectivity index (χ1v) is 15.6. The summed E-state index contributed by atoms with van der Waals surface area (Å²) in [6.07, 6.45) is 0. The number of aliphatic imine (C=N–C) groups is 1. The molecule has 0 aromatic heterocycles. The second kappa shape index (κ2) is 14.1. The molecule has 1 saturated heterocycles. The minimum absolute atomic E-state index is 0.00920. The molecule has 0 radical (unpaired) electrons. The molecule has 0 aliphatic carbocycles. The van der Waals surface area contributed by atoms with Gasteiger partial charge in [-0.1, -0.05) is 12.1 Å². The molecule has 0 N–H and O–H groups in total. The number of nitrogens with zero attached hydrogens (tertiary/aromatic N) is 4. The summed E-state index contributed by atoms with van der Waals surface area (Å²) in [4.78, 5) is 44.2. The van der Waals surface area contributed by atoms with Gasteiger partial charge in [-0.15, -0.1) is 0 Å². The van der Waals surface area contributed by atoms with Crippen molar-refractivity contribution in [2.45, 2.75) is 31.6 Å². The number of carbonyl (C=O) groups is 2. The summed E-state index contributed by atoms with van der Waals surface area (Å²) >= 11 is 0. The minimum Gasteiger partial charge on any atom is -0.497 e. The van der Waals surface area contributed by atoms with Crippen LogP contribution >= 0.6 is 0 Å². The molecule has 0 spiro atoms. The van der Waals surface area contributed by atoms with E-state index >= 15 is 0 Å². The first kappa shape index (κ1) is 32.8. The number of carbonyl (C=O) groups excluding carboxylic acids is 2. The maximum atomic E-state index is 13.5. The van der Waals surface area contributed by atoms with Crippen molar-refractivity contribution in [1.29, 1.82) is 0 Å². The molecule has 0 amide bonds. The zero-order valence-corrected chi connectivity index (χ0v) is 25.9. The molecule has 13 nitrogen and oxygen atoms in total. The number of sulfonamides is 1. The Bertz CT molecular complexity index is 1560. The van der Waals surface area contributed by atoms with Crippen LogP contribution in [0.4, 0.5) is 5.69 Å². The van der Waals surface area contributed by atoms with Crippen LogP contribution in [0.3, 0.4) is 0 Å². The van der Waals surface area contributed by atoms with Crippen molar-refractivity contribution in [3.8, 4) is 5.75 Å². The third-order valence-corrected chi connectivity index (χ3v) is 9.61. The van der Waals surface area contributed by atoms with Crippen LogP contribution in [0, 0.1) is 16.0 Å². The van der Waals surface area contributed by atoms with E-state index in [0.29, 0.717) is 42.4 Å². The molecule has 44 heavy (non-hydrogen) atoms. The maximum absolute atomic E-state index is 13.5. The van der Waals surface area contributed by atoms with Gasteiger partial charge < -0.3 is 14.2 Å². The van der Waals surface area contributed by atoms with Crippen LogP contribution in [0.5, 0.6) is 5.75 Å². The molecule has 14 heteroatoms. The average molecular weight is 629 g/mol. The predicted molar refractivity (Wildman–Crippen MR) is 161 cm³/mol. The molecule has 2 aromatic carbocycles. The Balaban J connectivity index is 1.44. The zero-order valence-electron chi connectivity index (χ0n) is 25.1. The van der Waals surface area contributed by atoms with E-state index in [1.165, 1.54) is 41.7 Å². The summed E-state index contributed by atoms with van der Waals surface area (Å²) in [5.74, 6) is -2.58. The van der Waals surface area contributed by atoms with Crippen LogP contribution in [0.2, 0.25) is 0 Å². The van der Waals surface area contributed by atoms with Gasteiger partial charge in [0.15, 0.2) is 0 Å². The summed E-state index contributed by atoms with van der Waals surface area (Å²) in [6.45, 7) is 6.88. The number of allylic oxidation sites excluding steroid dienone is 1. The number of rotatable bonds is 11. The Morgan fingerprint density at radius 3 is 2.34 bits per heavy atom. The average Bonchev–Trinajstić information content (AvgIpc) is 3.01. The molecule has 2 heterocycles. The molecule has 2 atom stereocenters. The van der Waals surface area contributed by atoms with E-state index in [9.17, 15) is 28.1 Å². The SMILES string of the molecule is CCOC(=O)C1C(C)=NC(C)=C(C(=O)OCCN2CCN(S(=O)(=O)c3ccc(OC)cc3)CC2)[C@H]1c1cccc([N+](=O)[O-])c1. The number of hydrogen-bond donors (Lipinski definition) is 0. The first-order valence-electron chi connectivity index (χ1n) is 14.2. The maximum Gasteiger partial charge on any atom is 0.336 e. The lowest BCUT2D eigenvalue weighted by Crippen LogP contribution is -2.49. The van der Waals surface area contributed by atoms with Crippen LogP contribution in [0.1, 0.15) is 32.3 Å². The summed E-state index contributed by atoms with van der Waals surface area (Å²) in [5, 5.41) is 11.5. The number of nitro groups is 1. The molecule has 0 saturated carbocycles. The number of piperazine rings is 1. The summed E-state index contributed by atoms with van der Waals surface area (Å²) in [7, 11) is -2.15. The number of nitro benzene ring substituents is 1. The van der Waals surface area contributed by atoms with E-state index < -0.39 is 38.7 Å². The van der Waals surface area contributed by atoms with E-state index in [1.54, 1.807) is 39.0 Å². The summed E-state index contributed by atoms with van der Waals surface area (Å²) in [6, 6.07) is 12.0. The van der Waals surface area contributed by atoms with Gasteiger partial charge in [-0.3, -0.25) is 24.8 Å². The molecule has 2 aliphatic rings. The number of hydrogen-bond acceptors (Lipinski definition) is 11. The second-order valence-electron chi connectivity index (χ2n) is 10.4. The van der Waals surface area contributed by atoms with Crippen LogP contribution < -0.4 is 4.74 Å². The predicted octanol–water partition coefficient (Wildman–Crippen LogP) is 3.16. The van der Waals surface area contributed by atoms with Gasteiger partial charge in [0.05, 0.1) is 29.1 Å². The molecule has 2 aliphatic heterocycles. The van der Waals surface area contributed by atoms with Crippen LogP contribution in [0.15, 0.2) is 69.7 Å². The van der Waals surface area contributed by atoms with E-state index in [0.717, 1.165) is 0 Å². The Hall–Kier alpha value is -4.14. The van der Waals surface area contributed by atoms with Crippen molar-refractivity contribution in [1.82, 2.24) is 9.21 Å². The quantitative estimate of drug-likeness (QED) is 0.206. The molecular weight excluding hydrogens is 592 g/mol. The monoisotopic (exact) mass is 628 g/mol. The van der Waals surface area contributed by atoms with E-state index in [2.05, 4.69) is 4.99 Å². The third-order valence-electron chi connectivity index (χ3n) is 7.70. The highest BCUT2D eigenvalue weighted by Crippen LogP contribution is 2.41. The van der Waals surface area contributed by atoms with E-state index in [4.69, 9.17) is 14.2 Å². The van der Waals surface area contributed by atoms with Gasteiger partial charge >= 0.3 is 11.9 Å². The highest BCUT2D eigenvalue weighted by molar-refractivity contribution is 7.89. The minimum atomic E-state index is -3.66. The largest absolute Gasteiger partial charge is 0.497 e. The Morgan fingerprint density at radius 2 is 1.73 bits per heavy atom. The fourth-order valence-electron chi connectivity index (χ4n) is 5.47. The van der Waals surface area contributed by atoms with E-state index in [1.807, 2.05) is 4.90 Å². The van der Waals surface area contributed by atoms with Crippen molar-refractivity contribution >= 4 is 33.4 Å². The number of benzene rings is 2. The smallest absolute Gasteiger partial charge is 0.336 e. The molecule has 2 aromatic rings. The molecule has 1 unspecified atom stereocenters. The number of methoxy groups -OCH3 is 1. The van der Waals surface area contributed by atoms with Gasteiger partial charge in [-0.2, -0.15) is 4.31 Å². The van der Waals surface area contributed by atoms with Crippen molar-refractivity contribution in [3.05, 3.63) is 75.5 Å².